The zero-order chi connectivity index (χ0) is 17.1. The Labute approximate surface area is 149 Å². The molecule has 0 unspecified atom stereocenters. The first kappa shape index (κ1) is 16.1. The lowest BCUT2D eigenvalue weighted by atomic mass is 10.3. The number of rotatable bonds is 5. The van der Waals surface area contributed by atoms with E-state index in [9.17, 15) is 4.39 Å². The van der Waals surface area contributed by atoms with Crippen molar-refractivity contribution in [2.45, 2.75) is 19.1 Å². The second-order valence-corrected chi connectivity index (χ2v) is 6.79. The van der Waals surface area contributed by atoms with E-state index in [0.717, 1.165) is 36.8 Å². The first-order valence-corrected chi connectivity index (χ1v) is 9.00. The van der Waals surface area contributed by atoms with Crippen molar-refractivity contribution in [2.24, 2.45) is 0 Å². The van der Waals surface area contributed by atoms with Gasteiger partial charge in [0.1, 0.15) is 17.7 Å². The monoisotopic (exact) mass is 356 g/mol. The Morgan fingerprint density at radius 3 is 2.80 bits per heavy atom. The third-order valence-electron chi connectivity index (χ3n) is 4.04. The summed E-state index contributed by atoms with van der Waals surface area (Å²) in [5.74, 6) is 1.13. The summed E-state index contributed by atoms with van der Waals surface area (Å²) in [7, 11) is 0. The smallest absolute Gasteiger partial charge is 0.188 e. The van der Waals surface area contributed by atoms with Gasteiger partial charge in [0, 0.05) is 37.4 Å². The van der Waals surface area contributed by atoms with Crippen LogP contribution in [0.2, 0.25) is 0 Å². The molecular formula is C18H17FN4OS. The lowest BCUT2D eigenvalue weighted by Crippen LogP contribution is -2.24. The van der Waals surface area contributed by atoms with E-state index >= 15 is 0 Å². The molecule has 7 heteroatoms. The summed E-state index contributed by atoms with van der Waals surface area (Å²) < 4.78 is 18.9. The Bertz CT molecular complexity index is 825. The number of hydrogen-bond donors (Lipinski definition) is 0. The Balaban J connectivity index is 1.34. The average molecular weight is 356 g/mol. The molecule has 4 rings (SSSR count). The van der Waals surface area contributed by atoms with Crippen LogP contribution in [0.4, 0.5) is 4.39 Å². The molecule has 5 nitrogen and oxygen atoms in total. The second kappa shape index (κ2) is 7.25. The molecule has 1 aromatic carbocycles. The lowest BCUT2D eigenvalue weighted by Gasteiger charge is -2.16. The lowest BCUT2D eigenvalue weighted by molar-refractivity contribution is 0.198. The van der Waals surface area contributed by atoms with Crippen molar-refractivity contribution in [1.82, 2.24) is 19.9 Å². The minimum Gasteiger partial charge on any atom is -0.489 e. The molecule has 1 fully saturated rings. The summed E-state index contributed by atoms with van der Waals surface area (Å²) >= 11 is 1.56. The van der Waals surface area contributed by atoms with Gasteiger partial charge in [-0.15, -0.1) is 11.3 Å². The molecule has 3 aromatic rings. The van der Waals surface area contributed by atoms with E-state index in [1.54, 1.807) is 41.9 Å². The Morgan fingerprint density at radius 2 is 2.00 bits per heavy atom. The molecule has 2 aromatic heterocycles. The van der Waals surface area contributed by atoms with Gasteiger partial charge in [0.2, 0.25) is 0 Å². The second-order valence-electron chi connectivity index (χ2n) is 5.93. The minimum atomic E-state index is -0.248. The quantitative estimate of drug-likeness (QED) is 0.701. The fourth-order valence-corrected chi connectivity index (χ4v) is 3.62. The van der Waals surface area contributed by atoms with Gasteiger partial charge in [0.15, 0.2) is 10.8 Å². The number of benzene rings is 1. The summed E-state index contributed by atoms with van der Waals surface area (Å²) in [4.78, 5) is 15.4. The molecule has 0 radical (unpaired) electrons. The molecule has 128 valence electrons. The van der Waals surface area contributed by atoms with Crippen molar-refractivity contribution in [1.29, 1.82) is 0 Å². The Kier molecular flexibility index (Phi) is 4.67. The highest BCUT2D eigenvalue weighted by molar-refractivity contribution is 7.13. The highest BCUT2D eigenvalue weighted by Crippen LogP contribution is 2.23. The molecule has 0 spiro atoms. The Morgan fingerprint density at radius 1 is 1.20 bits per heavy atom. The maximum Gasteiger partial charge on any atom is 0.188 e. The summed E-state index contributed by atoms with van der Waals surface area (Å²) in [6, 6.07) is 7.98. The summed E-state index contributed by atoms with van der Waals surface area (Å²) in [5.41, 5.74) is 1.02. The van der Waals surface area contributed by atoms with Crippen molar-refractivity contribution in [3.8, 4) is 16.6 Å². The SMILES string of the molecule is Fc1ccc(O[C@H]2CCN(Cc3csc(-c4ncccn4)n3)C2)cc1. The number of ether oxygens (including phenoxy) is 1. The van der Waals surface area contributed by atoms with Gasteiger partial charge in [0.25, 0.3) is 0 Å². The number of hydrogen-bond acceptors (Lipinski definition) is 6. The van der Waals surface area contributed by atoms with E-state index in [2.05, 4.69) is 25.2 Å². The van der Waals surface area contributed by atoms with Gasteiger partial charge in [-0.1, -0.05) is 0 Å². The molecule has 0 amide bonds. The number of nitrogens with zero attached hydrogens (tertiary/aromatic N) is 4. The first-order chi connectivity index (χ1) is 12.3. The largest absolute Gasteiger partial charge is 0.489 e. The van der Waals surface area contributed by atoms with Gasteiger partial charge < -0.3 is 4.74 Å². The van der Waals surface area contributed by atoms with Crippen molar-refractivity contribution in [3.63, 3.8) is 0 Å². The Hall–Kier alpha value is -2.38. The van der Waals surface area contributed by atoms with E-state index in [-0.39, 0.29) is 11.9 Å². The van der Waals surface area contributed by atoms with Crippen LogP contribution in [0.3, 0.4) is 0 Å². The van der Waals surface area contributed by atoms with Crippen LogP contribution in [0.5, 0.6) is 5.75 Å². The van der Waals surface area contributed by atoms with Crippen molar-refractivity contribution < 1.29 is 9.13 Å². The number of halogens is 1. The maximum absolute atomic E-state index is 13.0. The van der Waals surface area contributed by atoms with Gasteiger partial charge in [-0.05, 0) is 36.8 Å². The third-order valence-corrected chi connectivity index (χ3v) is 4.93. The van der Waals surface area contributed by atoms with Crippen LogP contribution < -0.4 is 4.74 Å². The molecule has 25 heavy (non-hydrogen) atoms. The van der Waals surface area contributed by atoms with Crippen LogP contribution in [0.25, 0.3) is 10.8 Å². The molecule has 0 aliphatic carbocycles. The molecule has 1 aliphatic heterocycles. The molecule has 1 atom stereocenters. The highest BCUT2D eigenvalue weighted by Gasteiger charge is 2.24. The van der Waals surface area contributed by atoms with Crippen LogP contribution >= 0.6 is 11.3 Å². The van der Waals surface area contributed by atoms with Crippen LogP contribution in [-0.4, -0.2) is 39.0 Å². The van der Waals surface area contributed by atoms with E-state index in [4.69, 9.17) is 4.74 Å². The fourth-order valence-electron chi connectivity index (χ4n) is 2.86. The molecule has 0 N–H and O–H groups in total. The molecule has 0 bridgehead atoms. The number of aromatic nitrogens is 3. The minimum absolute atomic E-state index is 0.126. The first-order valence-electron chi connectivity index (χ1n) is 8.12. The molecule has 0 saturated carbocycles. The van der Waals surface area contributed by atoms with Crippen LogP contribution in [0.1, 0.15) is 12.1 Å². The molecule has 1 aliphatic rings. The van der Waals surface area contributed by atoms with E-state index < -0.39 is 0 Å². The van der Waals surface area contributed by atoms with Gasteiger partial charge in [-0.3, -0.25) is 4.90 Å². The third kappa shape index (κ3) is 4.00. The predicted octanol–water partition coefficient (Wildman–Crippen LogP) is 3.39. The van der Waals surface area contributed by atoms with Crippen LogP contribution in [-0.2, 0) is 6.54 Å². The van der Waals surface area contributed by atoms with Gasteiger partial charge in [-0.2, -0.15) is 0 Å². The molecule has 3 heterocycles. The highest BCUT2D eigenvalue weighted by atomic mass is 32.1. The zero-order valence-electron chi connectivity index (χ0n) is 13.5. The van der Waals surface area contributed by atoms with Crippen molar-refractivity contribution in [3.05, 3.63) is 59.6 Å². The standard InChI is InChI=1S/C18H17FN4OS/c19-13-2-4-15(5-3-13)24-16-6-9-23(11-16)10-14-12-25-18(22-14)17-20-7-1-8-21-17/h1-5,7-8,12,16H,6,9-11H2/t16-/m0/s1. The average Bonchev–Trinajstić information content (AvgIpc) is 3.28. The van der Waals surface area contributed by atoms with Crippen molar-refractivity contribution in [2.75, 3.05) is 13.1 Å². The summed E-state index contributed by atoms with van der Waals surface area (Å²) in [6.07, 6.45) is 4.53. The van der Waals surface area contributed by atoms with Crippen LogP contribution in [0, 0.1) is 5.82 Å². The van der Waals surface area contributed by atoms with Crippen molar-refractivity contribution >= 4 is 11.3 Å². The summed E-state index contributed by atoms with van der Waals surface area (Å²) in [5, 5.41) is 2.90. The van der Waals surface area contributed by atoms with E-state index in [1.165, 1.54) is 12.1 Å². The maximum atomic E-state index is 13.0. The zero-order valence-corrected chi connectivity index (χ0v) is 14.3. The van der Waals surface area contributed by atoms with Gasteiger partial charge >= 0.3 is 0 Å². The van der Waals surface area contributed by atoms with E-state index in [0.29, 0.717) is 11.6 Å². The van der Waals surface area contributed by atoms with Crippen LogP contribution in [0.15, 0.2) is 48.1 Å². The van der Waals surface area contributed by atoms with Gasteiger partial charge in [-0.25, -0.2) is 19.3 Å². The fraction of sp³-hybridized carbons (Fsp3) is 0.278. The normalized spacial score (nSPS) is 17.7. The topological polar surface area (TPSA) is 51.1 Å². The predicted molar refractivity (Wildman–Crippen MR) is 93.9 cm³/mol. The molecule has 1 saturated heterocycles. The molecular weight excluding hydrogens is 339 g/mol. The number of likely N-dealkylation sites (tertiary alicyclic amines) is 1. The van der Waals surface area contributed by atoms with Gasteiger partial charge in [0.05, 0.1) is 5.69 Å². The number of thiazole rings is 1. The summed E-state index contributed by atoms with van der Waals surface area (Å²) in [6.45, 7) is 2.58. The van der Waals surface area contributed by atoms with E-state index in [1.807, 2.05) is 0 Å².